The van der Waals surface area contributed by atoms with Crippen molar-refractivity contribution >= 4 is 16.6 Å². The monoisotopic (exact) mass is 327 g/mol. The summed E-state index contributed by atoms with van der Waals surface area (Å²) in [6.45, 7) is 4.77. The Labute approximate surface area is 140 Å². The molecule has 7 heteroatoms. The van der Waals surface area contributed by atoms with Crippen molar-refractivity contribution in [3.05, 3.63) is 47.1 Å². The van der Waals surface area contributed by atoms with E-state index >= 15 is 0 Å². The van der Waals surface area contributed by atoms with Crippen LogP contribution < -0.4 is 11.3 Å². The second-order valence-electron chi connectivity index (χ2n) is 4.75. The van der Waals surface area contributed by atoms with Crippen LogP contribution in [-0.2, 0) is 11.3 Å². The van der Waals surface area contributed by atoms with Crippen LogP contribution in [0.3, 0.4) is 0 Å². The van der Waals surface area contributed by atoms with Gasteiger partial charge >= 0.3 is 0 Å². The average Bonchev–Trinajstić information content (AvgIpc) is 2.64. The van der Waals surface area contributed by atoms with Crippen molar-refractivity contribution in [3.63, 3.8) is 0 Å². The minimum absolute atomic E-state index is 0.171. The molecule has 0 fully saturated rings. The summed E-state index contributed by atoms with van der Waals surface area (Å²) in [4.78, 5) is 25.6. The largest absolute Gasteiger partial charge is 0.399 e. The number of benzene rings is 1. The first-order chi connectivity index (χ1) is 11.7. The molecule has 2 N–H and O–H groups in total. The van der Waals surface area contributed by atoms with Crippen molar-refractivity contribution in [2.45, 2.75) is 20.4 Å². The van der Waals surface area contributed by atoms with Gasteiger partial charge in [0.25, 0.3) is 5.56 Å². The van der Waals surface area contributed by atoms with Crippen molar-refractivity contribution in [2.24, 2.45) is 0 Å². The quantitative estimate of drug-likeness (QED) is 0.737. The normalized spacial score (nSPS) is 10.3. The highest BCUT2D eigenvalue weighted by atomic mass is 16.5. The molecule has 2 aromatic heterocycles. The molecule has 0 aliphatic heterocycles. The van der Waals surface area contributed by atoms with Gasteiger partial charge in [-0.1, -0.05) is 13.8 Å². The molecule has 0 aliphatic rings. The average molecular weight is 327 g/mol. The zero-order valence-corrected chi connectivity index (χ0v) is 14.1. The van der Waals surface area contributed by atoms with Gasteiger partial charge in [-0.15, -0.1) is 0 Å². The fourth-order valence-corrected chi connectivity index (χ4v) is 2.24. The van der Waals surface area contributed by atoms with E-state index in [1.807, 2.05) is 13.8 Å². The minimum Gasteiger partial charge on any atom is -0.399 e. The molecule has 0 unspecified atom stereocenters. The molecule has 0 aliphatic carbocycles. The molecule has 0 saturated carbocycles. The Morgan fingerprint density at radius 3 is 2.71 bits per heavy atom. The van der Waals surface area contributed by atoms with Crippen LogP contribution in [0.25, 0.3) is 22.4 Å². The third-order valence-corrected chi connectivity index (χ3v) is 3.29. The summed E-state index contributed by atoms with van der Waals surface area (Å²) in [6.07, 6.45) is 4.71. The number of methoxy groups -OCH3 is 1. The van der Waals surface area contributed by atoms with E-state index in [1.165, 1.54) is 4.57 Å². The lowest BCUT2D eigenvalue weighted by Crippen LogP contribution is -2.25. The number of nitrogen functional groups attached to an aromatic ring is 1. The van der Waals surface area contributed by atoms with Crippen LogP contribution in [0.1, 0.15) is 13.8 Å². The van der Waals surface area contributed by atoms with E-state index in [2.05, 4.69) is 15.0 Å². The molecule has 126 valence electrons. The highest BCUT2D eigenvalue weighted by Gasteiger charge is 2.14. The van der Waals surface area contributed by atoms with Crippen molar-refractivity contribution in [2.75, 3.05) is 19.5 Å². The van der Waals surface area contributed by atoms with E-state index < -0.39 is 0 Å². The summed E-state index contributed by atoms with van der Waals surface area (Å²) in [6, 6.07) is 5.08. The second kappa shape index (κ2) is 8.16. The molecule has 0 bridgehead atoms. The van der Waals surface area contributed by atoms with Crippen LogP contribution in [0.5, 0.6) is 0 Å². The number of nitrogens with zero attached hydrogens (tertiary/aromatic N) is 4. The van der Waals surface area contributed by atoms with Crippen LogP contribution >= 0.6 is 0 Å². The van der Waals surface area contributed by atoms with Gasteiger partial charge < -0.3 is 10.5 Å². The Balaban J connectivity index is 0.00000100. The fraction of sp³-hybridized carbons (Fsp3) is 0.294. The van der Waals surface area contributed by atoms with Crippen LogP contribution in [-0.4, -0.2) is 33.2 Å². The van der Waals surface area contributed by atoms with E-state index in [0.29, 0.717) is 41.3 Å². The zero-order valence-electron chi connectivity index (χ0n) is 14.1. The summed E-state index contributed by atoms with van der Waals surface area (Å²) < 4.78 is 6.62. The SMILES string of the molecule is CC.COCCn1c(-c2cnccn2)nc2ccc(N)cc2c1=O. The number of hydrogen-bond acceptors (Lipinski definition) is 6. The minimum atomic E-state index is -0.171. The summed E-state index contributed by atoms with van der Waals surface area (Å²) in [5, 5.41) is 0.476. The molecule has 0 radical (unpaired) electrons. The highest BCUT2D eigenvalue weighted by Crippen LogP contribution is 2.17. The van der Waals surface area contributed by atoms with E-state index in [9.17, 15) is 4.79 Å². The Hall–Kier alpha value is -2.80. The Bertz CT molecular complexity index is 862. The van der Waals surface area contributed by atoms with Gasteiger partial charge in [0.1, 0.15) is 5.69 Å². The molecular weight excluding hydrogens is 306 g/mol. The first-order valence-corrected chi connectivity index (χ1v) is 7.76. The summed E-state index contributed by atoms with van der Waals surface area (Å²) in [5.41, 5.74) is 7.24. The first-order valence-electron chi connectivity index (χ1n) is 7.76. The topological polar surface area (TPSA) is 95.9 Å². The molecule has 2 heterocycles. The van der Waals surface area contributed by atoms with E-state index in [1.54, 1.807) is 43.9 Å². The lowest BCUT2D eigenvalue weighted by Gasteiger charge is -2.12. The van der Waals surface area contributed by atoms with E-state index in [-0.39, 0.29) is 5.56 Å². The van der Waals surface area contributed by atoms with Gasteiger partial charge in [-0.25, -0.2) is 9.97 Å². The predicted octanol–water partition coefficient (Wildman–Crippen LogP) is 2.11. The smallest absolute Gasteiger partial charge is 0.261 e. The molecule has 0 spiro atoms. The predicted molar refractivity (Wildman–Crippen MR) is 94.7 cm³/mol. The second-order valence-corrected chi connectivity index (χ2v) is 4.75. The van der Waals surface area contributed by atoms with Gasteiger partial charge in [-0.3, -0.25) is 14.3 Å². The van der Waals surface area contributed by atoms with Gasteiger partial charge in [0.05, 0.1) is 30.3 Å². The van der Waals surface area contributed by atoms with Crippen LogP contribution in [0.15, 0.2) is 41.6 Å². The molecule has 0 atom stereocenters. The van der Waals surface area contributed by atoms with Gasteiger partial charge in [0.2, 0.25) is 0 Å². The Morgan fingerprint density at radius 1 is 1.25 bits per heavy atom. The lowest BCUT2D eigenvalue weighted by molar-refractivity contribution is 0.186. The maximum atomic E-state index is 12.7. The van der Waals surface area contributed by atoms with Crippen LogP contribution in [0.4, 0.5) is 5.69 Å². The Kier molecular flexibility index (Phi) is 5.97. The van der Waals surface area contributed by atoms with Crippen molar-refractivity contribution < 1.29 is 4.74 Å². The molecule has 24 heavy (non-hydrogen) atoms. The number of rotatable bonds is 4. The maximum absolute atomic E-state index is 12.7. The number of ether oxygens (including phenoxy) is 1. The molecular formula is C17H21N5O2. The molecule has 1 aromatic carbocycles. The summed E-state index contributed by atoms with van der Waals surface area (Å²) in [5.74, 6) is 0.465. The number of aromatic nitrogens is 4. The number of anilines is 1. The maximum Gasteiger partial charge on any atom is 0.261 e. The standard InChI is InChI=1S/C15H15N5O2.C2H6/c1-22-7-6-20-14(13-9-17-4-5-18-13)19-12-3-2-10(16)8-11(12)15(20)21;1-2/h2-5,8-9H,6-7,16H2,1H3;1-2H3. The summed E-state index contributed by atoms with van der Waals surface area (Å²) in [7, 11) is 1.58. The van der Waals surface area contributed by atoms with Crippen molar-refractivity contribution in [1.29, 1.82) is 0 Å². The number of fused-ring (bicyclic) bond motifs is 1. The molecule has 7 nitrogen and oxygen atoms in total. The lowest BCUT2D eigenvalue weighted by atomic mass is 10.2. The van der Waals surface area contributed by atoms with Crippen LogP contribution in [0, 0.1) is 0 Å². The Morgan fingerprint density at radius 2 is 2.04 bits per heavy atom. The van der Waals surface area contributed by atoms with Gasteiger partial charge in [0, 0.05) is 25.2 Å². The molecule has 0 saturated heterocycles. The van der Waals surface area contributed by atoms with Gasteiger partial charge in [-0.2, -0.15) is 0 Å². The first kappa shape index (κ1) is 17.6. The third kappa shape index (κ3) is 3.57. The fourth-order valence-electron chi connectivity index (χ4n) is 2.24. The molecule has 3 rings (SSSR count). The number of nitrogens with two attached hydrogens (primary N) is 1. The van der Waals surface area contributed by atoms with Crippen LogP contribution in [0.2, 0.25) is 0 Å². The van der Waals surface area contributed by atoms with Crippen molar-refractivity contribution in [1.82, 2.24) is 19.5 Å². The molecule has 3 aromatic rings. The highest BCUT2D eigenvalue weighted by molar-refractivity contribution is 5.82. The zero-order chi connectivity index (χ0) is 17.5. The van der Waals surface area contributed by atoms with Crippen molar-refractivity contribution in [3.8, 4) is 11.5 Å². The summed E-state index contributed by atoms with van der Waals surface area (Å²) >= 11 is 0. The van der Waals surface area contributed by atoms with E-state index in [0.717, 1.165) is 0 Å². The number of hydrogen-bond donors (Lipinski definition) is 1. The third-order valence-electron chi connectivity index (χ3n) is 3.29. The van der Waals surface area contributed by atoms with E-state index in [4.69, 9.17) is 10.5 Å². The van der Waals surface area contributed by atoms with Gasteiger partial charge in [-0.05, 0) is 18.2 Å². The molecule has 0 amide bonds. The van der Waals surface area contributed by atoms with Gasteiger partial charge in [0.15, 0.2) is 5.82 Å².